The van der Waals surface area contributed by atoms with E-state index in [9.17, 15) is 18.0 Å². The van der Waals surface area contributed by atoms with Gasteiger partial charge in [-0.1, -0.05) is 23.7 Å². The Bertz CT molecular complexity index is 1330. The van der Waals surface area contributed by atoms with Crippen LogP contribution in [-0.2, 0) is 19.6 Å². The Hall–Kier alpha value is -2.82. The zero-order valence-electron chi connectivity index (χ0n) is 20.9. The first kappa shape index (κ1) is 25.8. The molecule has 3 heterocycles. The topological polar surface area (TPSA) is 99.3 Å². The normalized spacial score (nSPS) is 21.3. The van der Waals surface area contributed by atoms with Crippen LogP contribution in [0, 0.1) is 12.8 Å². The summed E-state index contributed by atoms with van der Waals surface area (Å²) in [5.41, 5.74) is 2.73. The molecule has 2 aromatic carbocycles. The Morgan fingerprint density at radius 2 is 1.86 bits per heavy atom. The number of halogens is 1. The standard InChI is InChI=1S/C26H31ClN4O5S/c1-17-4-3-5-20(12-17)31-11-10-29(15-18(31)2)26(33)19-6-8-30(9-7-19)37(34,35)24-14-23-22(13-21(24)27)28-25(32)16-36-23/h3-5,12-14,18-19H,6-11,15-16H2,1-2H3,(H,28,32). The van der Waals surface area contributed by atoms with E-state index in [4.69, 9.17) is 16.3 Å². The fourth-order valence-electron chi connectivity index (χ4n) is 5.37. The molecule has 1 unspecified atom stereocenters. The van der Waals surface area contributed by atoms with Crippen molar-refractivity contribution >= 4 is 44.8 Å². The number of carbonyl (C=O) groups excluding carboxylic acids is 2. The molecule has 1 N–H and O–H groups in total. The molecule has 11 heteroatoms. The van der Waals surface area contributed by atoms with Gasteiger partial charge < -0.3 is 19.9 Å². The lowest BCUT2D eigenvalue weighted by Crippen LogP contribution is -2.55. The second kappa shape index (κ2) is 10.2. The minimum atomic E-state index is -3.89. The number of rotatable bonds is 4. The molecule has 0 aliphatic carbocycles. The number of fused-ring (bicyclic) bond motifs is 1. The molecule has 198 valence electrons. The quantitative estimate of drug-likeness (QED) is 0.632. The molecule has 0 aromatic heterocycles. The minimum Gasteiger partial charge on any atom is -0.482 e. The highest BCUT2D eigenvalue weighted by Crippen LogP contribution is 2.37. The van der Waals surface area contributed by atoms with E-state index in [1.54, 1.807) is 0 Å². The predicted molar refractivity (Wildman–Crippen MR) is 142 cm³/mol. The maximum atomic E-state index is 13.4. The van der Waals surface area contributed by atoms with E-state index >= 15 is 0 Å². The number of piperidine rings is 1. The lowest BCUT2D eigenvalue weighted by Gasteiger charge is -2.43. The number of sulfonamides is 1. The number of carbonyl (C=O) groups is 2. The third kappa shape index (κ3) is 5.15. The second-order valence-corrected chi connectivity index (χ2v) is 12.3. The van der Waals surface area contributed by atoms with Gasteiger partial charge in [0.25, 0.3) is 5.91 Å². The largest absolute Gasteiger partial charge is 0.482 e. The molecule has 5 rings (SSSR count). The highest BCUT2D eigenvalue weighted by atomic mass is 35.5. The molecule has 3 aliphatic rings. The lowest BCUT2D eigenvalue weighted by molar-refractivity contribution is -0.137. The number of ether oxygens (including phenoxy) is 1. The third-order valence-corrected chi connectivity index (χ3v) is 9.72. The summed E-state index contributed by atoms with van der Waals surface area (Å²) in [4.78, 5) is 29.1. The van der Waals surface area contributed by atoms with Crippen LogP contribution in [0.4, 0.5) is 11.4 Å². The highest BCUT2D eigenvalue weighted by Gasteiger charge is 2.37. The van der Waals surface area contributed by atoms with E-state index in [0.29, 0.717) is 31.6 Å². The summed E-state index contributed by atoms with van der Waals surface area (Å²) < 4.78 is 33.5. The van der Waals surface area contributed by atoms with Gasteiger partial charge in [0.15, 0.2) is 6.61 Å². The van der Waals surface area contributed by atoms with Gasteiger partial charge in [-0.05, 0) is 50.5 Å². The van der Waals surface area contributed by atoms with Crippen LogP contribution in [-0.4, -0.2) is 74.8 Å². The Balaban J connectivity index is 1.21. The SMILES string of the molecule is Cc1cccc(N2CCN(C(=O)C3CCN(S(=O)(=O)c4cc5c(cc4Cl)NC(=O)CO5)CC3)CC2C)c1. The number of benzene rings is 2. The summed E-state index contributed by atoms with van der Waals surface area (Å²) in [5.74, 6) is -0.158. The first-order valence-corrected chi connectivity index (χ1v) is 14.3. The van der Waals surface area contributed by atoms with Crippen molar-refractivity contribution in [3.8, 4) is 5.75 Å². The van der Waals surface area contributed by atoms with Crippen LogP contribution in [0.15, 0.2) is 41.3 Å². The number of piperazine rings is 1. The van der Waals surface area contributed by atoms with Crippen molar-refractivity contribution in [1.29, 1.82) is 0 Å². The molecular weight excluding hydrogens is 516 g/mol. The van der Waals surface area contributed by atoms with Crippen LogP contribution >= 0.6 is 11.6 Å². The number of amides is 2. The molecule has 2 amide bonds. The van der Waals surface area contributed by atoms with E-state index in [0.717, 1.165) is 6.54 Å². The molecule has 3 aliphatic heterocycles. The van der Waals surface area contributed by atoms with E-state index < -0.39 is 10.0 Å². The first-order chi connectivity index (χ1) is 17.6. The highest BCUT2D eigenvalue weighted by molar-refractivity contribution is 7.89. The van der Waals surface area contributed by atoms with Crippen LogP contribution in [0.5, 0.6) is 5.75 Å². The molecule has 0 radical (unpaired) electrons. The third-order valence-electron chi connectivity index (χ3n) is 7.36. The van der Waals surface area contributed by atoms with Gasteiger partial charge in [-0.15, -0.1) is 0 Å². The van der Waals surface area contributed by atoms with Gasteiger partial charge in [-0.3, -0.25) is 9.59 Å². The summed E-state index contributed by atoms with van der Waals surface area (Å²) in [6.45, 7) is 6.57. The van der Waals surface area contributed by atoms with Crippen molar-refractivity contribution in [2.24, 2.45) is 5.92 Å². The fourth-order valence-corrected chi connectivity index (χ4v) is 7.35. The molecule has 0 saturated carbocycles. The maximum absolute atomic E-state index is 13.4. The van der Waals surface area contributed by atoms with E-state index in [-0.39, 0.29) is 59.1 Å². The van der Waals surface area contributed by atoms with Gasteiger partial charge >= 0.3 is 0 Å². The van der Waals surface area contributed by atoms with Crippen LogP contribution in [0.25, 0.3) is 0 Å². The average molecular weight is 547 g/mol. The molecule has 2 saturated heterocycles. The van der Waals surface area contributed by atoms with Gasteiger partial charge in [-0.25, -0.2) is 8.42 Å². The smallest absolute Gasteiger partial charge is 0.262 e. The van der Waals surface area contributed by atoms with Crippen molar-refractivity contribution in [3.05, 3.63) is 47.0 Å². The van der Waals surface area contributed by atoms with Gasteiger partial charge in [-0.2, -0.15) is 4.31 Å². The number of aryl methyl sites for hydroxylation is 1. The Kier molecular flexibility index (Phi) is 7.08. The molecule has 1 atom stereocenters. The van der Waals surface area contributed by atoms with Crippen molar-refractivity contribution in [2.45, 2.75) is 37.6 Å². The Morgan fingerprint density at radius 1 is 1.11 bits per heavy atom. The monoisotopic (exact) mass is 546 g/mol. The summed E-state index contributed by atoms with van der Waals surface area (Å²) in [7, 11) is -3.89. The van der Waals surface area contributed by atoms with E-state index in [2.05, 4.69) is 48.3 Å². The van der Waals surface area contributed by atoms with Crippen LogP contribution in [0.1, 0.15) is 25.3 Å². The van der Waals surface area contributed by atoms with Crippen LogP contribution < -0.4 is 15.0 Å². The molecular formula is C26H31ClN4O5S. The zero-order valence-corrected chi connectivity index (χ0v) is 22.5. The minimum absolute atomic E-state index is 0.0169. The van der Waals surface area contributed by atoms with Crippen molar-refractivity contribution < 1.29 is 22.7 Å². The molecule has 0 bridgehead atoms. The van der Waals surface area contributed by atoms with Gasteiger partial charge in [0.2, 0.25) is 15.9 Å². The van der Waals surface area contributed by atoms with Gasteiger partial charge in [0, 0.05) is 56.4 Å². The summed E-state index contributed by atoms with van der Waals surface area (Å²) >= 11 is 6.29. The van der Waals surface area contributed by atoms with Crippen LogP contribution in [0.3, 0.4) is 0 Å². The molecule has 9 nitrogen and oxygen atoms in total. The van der Waals surface area contributed by atoms with E-state index in [1.807, 2.05) is 4.90 Å². The maximum Gasteiger partial charge on any atom is 0.262 e. The number of nitrogens with one attached hydrogen (secondary N) is 1. The lowest BCUT2D eigenvalue weighted by atomic mass is 9.95. The zero-order chi connectivity index (χ0) is 26.3. The fraction of sp³-hybridized carbons (Fsp3) is 0.462. The van der Waals surface area contributed by atoms with Gasteiger partial charge in [0.05, 0.1) is 10.7 Å². The van der Waals surface area contributed by atoms with Crippen molar-refractivity contribution in [1.82, 2.24) is 9.21 Å². The Labute approximate surface area is 222 Å². The number of hydrogen-bond donors (Lipinski definition) is 1. The number of anilines is 2. The number of nitrogens with zero attached hydrogens (tertiary/aromatic N) is 3. The molecule has 0 spiro atoms. The first-order valence-electron chi connectivity index (χ1n) is 12.5. The second-order valence-electron chi connectivity index (χ2n) is 9.96. The van der Waals surface area contributed by atoms with E-state index in [1.165, 1.54) is 27.7 Å². The van der Waals surface area contributed by atoms with Crippen LogP contribution in [0.2, 0.25) is 5.02 Å². The summed E-state index contributed by atoms with van der Waals surface area (Å²) in [5, 5.41) is 2.64. The predicted octanol–water partition coefficient (Wildman–Crippen LogP) is 3.12. The Morgan fingerprint density at radius 3 is 2.57 bits per heavy atom. The van der Waals surface area contributed by atoms with Crippen molar-refractivity contribution in [3.63, 3.8) is 0 Å². The summed E-state index contributed by atoms with van der Waals surface area (Å²) in [6.07, 6.45) is 0.916. The van der Waals surface area contributed by atoms with Gasteiger partial charge in [0.1, 0.15) is 10.6 Å². The number of hydrogen-bond acceptors (Lipinski definition) is 6. The molecule has 2 aromatic rings. The molecule has 37 heavy (non-hydrogen) atoms. The van der Waals surface area contributed by atoms with Crippen molar-refractivity contribution in [2.75, 3.05) is 49.5 Å². The summed E-state index contributed by atoms with van der Waals surface area (Å²) in [6, 6.07) is 11.4. The molecule has 2 fully saturated rings. The average Bonchev–Trinajstić information content (AvgIpc) is 2.87.